The summed E-state index contributed by atoms with van der Waals surface area (Å²) in [6.07, 6.45) is 1.21. The zero-order valence-electron chi connectivity index (χ0n) is 14.5. The molecule has 0 spiro atoms. The van der Waals surface area contributed by atoms with Crippen molar-refractivity contribution in [3.05, 3.63) is 58.6 Å². The number of hydrogen-bond donors (Lipinski definition) is 3. The van der Waals surface area contributed by atoms with Crippen LogP contribution < -0.4 is 11.1 Å². The van der Waals surface area contributed by atoms with Crippen LogP contribution in [-0.4, -0.2) is 27.6 Å². The summed E-state index contributed by atoms with van der Waals surface area (Å²) in [5.74, 6) is 0.0337. The summed E-state index contributed by atoms with van der Waals surface area (Å²) in [7, 11) is 0. The van der Waals surface area contributed by atoms with E-state index >= 15 is 0 Å². The Bertz CT molecular complexity index is 875. The third-order valence-corrected chi connectivity index (χ3v) is 4.95. The lowest BCUT2D eigenvalue weighted by Gasteiger charge is -2.45. The van der Waals surface area contributed by atoms with Crippen LogP contribution in [0.2, 0.25) is 0 Å². The Morgan fingerprint density at radius 1 is 1.31 bits per heavy atom. The number of nitrogens with one attached hydrogen (secondary N) is 1. The highest BCUT2D eigenvalue weighted by molar-refractivity contribution is 9.10. The third-order valence-electron chi connectivity index (χ3n) is 4.46. The first-order chi connectivity index (χ1) is 12.3. The van der Waals surface area contributed by atoms with Crippen molar-refractivity contribution in [1.29, 1.82) is 5.26 Å². The van der Waals surface area contributed by atoms with Crippen molar-refractivity contribution < 1.29 is 5.11 Å². The Morgan fingerprint density at radius 3 is 2.65 bits per heavy atom. The van der Waals surface area contributed by atoms with Gasteiger partial charge in [-0.15, -0.1) is 0 Å². The van der Waals surface area contributed by atoms with Gasteiger partial charge in [-0.3, -0.25) is 0 Å². The minimum Gasteiger partial charge on any atom is -0.388 e. The molecule has 26 heavy (non-hydrogen) atoms. The van der Waals surface area contributed by atoms with Crippen LogP contribution in [0.25, 0.3) is 0 Å². The number of aliphatic imine (C=N–C) groups is 1. The van der Waals surface area contributed by atoms with Crippen LogP contribution in [0, 0.1) is 11.5 Å². The molecular weight excluding hydrogens is 394 g/mol. The van der Waals surface area contributed by atoms with Gasteiger partial charge in [0.2, 0.25) is 5.96 Å². The van der Waals surface area contributed by atoms with Crippen molar-refractivity contribution in [2.75, 3.05) is 5.32 Å². The van der Waals surface area contributed by atoms with Crippen molar-refractivity contribution in [1.82, 2.24) is 4.90 Å². The number of halogens is 1. The van der Waals surface area contributed by atoms with Gasteiger partial charge in [-0.05, 0) is 44.2 Å². The fourth-order valence-electron chi connectivity index (χ4n) is 3.10. The Kier molecular flexibility index (Phi) is 4.90. The number of rotatable bonds is 2. The molecule has 2 aromatic rings. The van der Waals surface area contributed by atoms with E-state index in [-0.39, 0.29) is 5.96 Å². The van der Waals surface area contributed by atoms with Crippen molar-refractivity contribution in [3.63, 3.8) is 0 Å². The number of benzene rings is 2. The van der Waals surface area contributed by atoms with Crippen LogP contribution in [-0.2, 0) is 0 Å². The largest absolute Gasteiger partial charge is 0.388 e. The van der Waals surface area contributed by atoms with Gasteiger partial charge >= 0.3 is 0 Å². The van der Waals surface area contributed by atoms with Crippen molar-refractivity contribution in [3.8, 4) is 6.19 Å². The molecule has 1 aliphatic heterocycles. The molecule has 6 nitrogen and oxygen atoms in total. The van der Waals surface area contributed by atoms with Crippen molar-refractivity contribution >= 4 is 33.3 Å². The summed E-state index contributed by atoms with van der Waals surface area (Å²) in [6, 6.07) is 14.2. The van der Waals surface area contributed by atoms with Gasteiger partial charge in [-0.25, -0.2) is 9.89 Å². The molecule has 0 aromatic heterocycles. The molecule has 0 radical (unpaired) electrons. The molecule has 0 amide bonds. The first-order valence-electron chi connectivity index (χ1n) is 8.17. The van der Waals surface area contributed by atoms with Crippen LogP contribution in [0.4, 0.5) is 11.4 Å². The van der Waals surface area contributed by atoms with Crippen molar-refractivity contribution in [2.24, 2.45) is 10.7 Å². The van der Waals surface area contributed by atoms with Gasteiger partial charge < -0.3 is 16.2 Å². The molecule has 4 N–H and O–H groups in total. The van der Waals surface area contributed by atoms with E-state index in [9.17, 15) is 10.4 Å². The van der Waals surface area contributed by atoms with E-state index in [2.05, 4.69) is 32.4 Å². The normalized spacial score (nSPS) is 21.3. The van der Waals surface area contributed by atoms with Gasteiger partial charge in [0.1, 0.15) is 12.1 Å². The number of guanidine groups is 1. The number of nitrogens with zero attached hydrogens (tertiary/aromatic N) is 3. The molecule has 2 aromatic carbocycles. The summed E-state index contributed by atoms with van der Waals surface area (Å²) < 4.78 is 0.853. The van der Waals surface area contributed by atoms with Crippen LogP contribution in [0.3, 0.4) is 0 Å². The minimum atomic E-state index is -0.881. The van der Waals surface area contributed by atoms with Crippen LogP contribution >= 0.6 is 15.9 Å². The Balaban J connectivity index is 2.08. The highest BCUT2D eigenvalue weighted by atomic mass is 79.9. The van der Waals surface area contributed by atoms with Gasteiger partial charge in [-0.2, -0.15) is 5.26 Å². The number of nitrogens with two attached hydrogens (primary N) is 1. The maximum atomic E-state index is 11.0. The Hall–Kier alpha value is -2.56. The van der Waals surface area contributed by atoms with E-state index in [1.807, 2.05) is 50.2 Å². The SMILES string of the molecule is CC1(C)Nc2ccc(Br)cc2[C@@H](N(C#N)C(N)=Nc2ccccc2)[C@@H]1O. The second kappa shape index (κ2) is 6.98. The average molecular weight is 414 g/mol. The highest BCUT2D eigenvalue weighted by Crippen LogP contribution is 2.42. The summed E-state index contributed by atoms with van der Waals surface area (Å²) in [5, 5.41) is 24.1. The van der Waals surface area contributed by atoms with E-state index in [1.165, 1.54) is 4.90 Å². The van der Waals surface area contributed by atoms with Gasteiger partial charge in [0.05, 0.1) is 11.2 Å². The molecule has 0 bridgehead atoms. The molecular formula is C19H20BrN5O. The predicted octanol–water partition coefficient (Wildman–Crippen LogP) is 3.48. The molecule has 1 aliphatic rings. The molecule has 1 heterocycles. The lowest BCUT2D eigenvalue weighted by molar-refractivity contribution is 0.0486. The monoisotopic (exact) mass is 413 g/mol. The lowest BCUT2D eigenvalue weighted by atomic mass is 9.82. The van der Waals surface area contributed by atoms with Crippen LogP contribution in [0.15, 0.2) is 58.0 Å². The topological polar surface area (TPSA) is 97.7 Å². The highest BCUT2D eigenvalue weighted by Gasteiger charge is 2.44. The molecule has 3 rings (SSSR count). The van der Waals surface area contributed by atoms with Crippen LogP contribution in [0.1, 0.15) is 25.5 Å². The number of hydrogen-bond acceptors (Lipinski definition) is 4. The van der Waals surface area contributed by atoms with E-state index in [1.54, 1.807) is 12.1 Å². The predicted molar refractivity (Wildman–Crippen MR) is 106 cm³/mol. The molecule has 0 saturated carbocycles. The summed E-state index contributed by atoms with van der Waals surface area (Å²) in [6.45, 7) is 3.77. The number of aliphatic hydroxyl groups excluding tert-OH is 1. The quantitative estimate of drug-likeness (QED) is 0.303. The fraction of sp³-hybridized carbons (Fsp3) is 0.263. The van der Waals surface area contributed by atoms with Crippen LogP contribution in [0.5, 0.6) is 0 Å². The Labute approximate surface area is 161 Å². The van der Waals surface area contributed by atoms with Gasteiger partial charge in [-0.1, -0.05) is 34.1 Å². The number of aliphatic hydroxyl groups is 1. The zero-order valence-corrected chi connectivity index (χ0v) is 16.1. The fourth-order valence-corrected chi connectivity index (χ4v) is 3.48. The number of anilines is 1. The summed E-state index contributed by atoms with van der Waals surface area (Å²) in [5.41, 5.74) is 7.77. The smallest absolute Gasteiger partial charge is 0.210 e. The summed E-state index contributed by atoms with van der Waals surface area (Å²) >= 11 is 3.46. The third kappa shape index (κ3) is 3.39. The summed E-state index contributed by atoms with van der Waals surface area (Å²) in [4.78, 5) is 5.61. The number of nitriles is 1. The van der Waals surface area contributed by atoms with E-state index in [0.717, 1.165) is 15.7 Å². The van der Waals surface area contributed by atoms with Gasteiger partial charge in [0.25, 0.3) is 0 Å². The Morgan fingerprint density at radius 2 is 2.00 bits per heavy atom. The van der Waals surface area contributed by atoms with Crippen molar-refractivity contribution in [2.45, 2.75) is 31.5 Å². The van der Waals surface area contributed by atoms with E-state index in [0.29, 0.717) is 5.69 Å². The first-order valence-corrected chi connectivity index (χ1v) is 8.96. The molecule has 0 aliphatic carbocycles. The second-order valence-corrected chi connectivity index (χ2v) is 7.66. The number of para-hydroxylation sites is 1. The zero-order chi connectivity index (χ0) is 18.9. The average Bonchev–Trinajstić information content (AvgIpc) is 2.60. The van der Waals surface area contributed by atoms with E-state index in [4.69, 9.17) is 5.73 Å². The standard InChI is InChI=1S/C19H20BrN5O/c1-19(2)17(26)16(14-10-12(20)8-9-15(14)24-19)25(11-21)18(22)23-13-6-4-3-5-7-13/h3-10,16-17,24,26H,1-2H3,(H2,22,23)/t16-,17+/m1/s1. The molecule has 0 saturated heterocycles. The van der Waals surface area contributed by atoms with E-state index < -0.39 is 17.7 Å². The lowest BCUT2D eigenvalue weighted by Crippen LogP contribution is -2.55. The molecule has 0 fully saturated rings. The molecule has 134 valence electrons. The number of fused-ring (bicyclic) bond motifs is 1. The second-order valence-electron chi connectivity index (χ2n) is 6.74. The first kappa shape index (κ1) is 18.2. The molecule has 2 atom stereocenters. The van der Waals surface area contributed by atoms with Gasteiger partial charge in [0, 0.05) is 15.7 Å². The minimum absolute atomic E-state index is 0.0337. The maximum Gasteiger partial charge on any atom is 0.210 e. The molecule has 0 unspecified atom stereocenters. The van der Waals surface area contributed by atoms with Gasteiger partial charge in [0.15, 0.2) is 6.19 Å². The maximum absolute atomic E-state index is 11.0. The molecule has 7 heteroatoms.